The number of hydrogen-bond donors (Lipinski definition) is 2. The van der Waals surface area contributed by atoms with E-state index in [1.54, 1.807) is 0 Å². The monoisotopic (exact) mass is 527 g/mol. The predicted molar refractivity (Wildman–Crippen MR) is 138 cm³/mol. The number of fused-ring (bicyclic) bond motifs is 4. The molecule has 0 spiro atoms. The lowest BCUT2D eigenvalue weighted by molar-refractivity contribution is -0.156. The number of ether oxygens (including phenoxy) is 1. The number of rotatable bonds is 3. The van der Waals surface area contributed by atoms with E-state index in [0.29, 0.717) is 5.11 Å². The molecule has 2 aromatic rings. The van der Waals surface area contributed by atoms with Gasteiger partial charge < -0.3 is 20.3 Å². The van der Waals surface area contributed by atoms with Crippen molar-refractivity contribution in [3.05, 3.63) is 57.6 Å². The molecular weight excluding hydrogens is 498 g/mol. The van der Waals surface area contributed by atoms with Gasteiger partial charge in [0.15, 0.2) is 10.8 Å². The molecule has 0 aromatic heterocycles. The van der Waals surface area contributed by atoms with Gasteiger partial charge >= 0.3 is 0 Å². The maximum absolute atomic E-state index is 13.9. The molecule has 1 amide bonds. The number of benzene rings is 2. The number of nitrogens with one attached hydrogen (secondary N) is 2. The molecule has 2 aromatic carbocycles. The Labute approximate surface area is 209 Å². The second-order valence-electron chi connectivity index (χ2n) is 9.71. The van der Waals surface area contributed by atoms with Crippen LogP contribution in [0.25, 0.3) is 0 Å². The van der Waals surface area contributed by atoms with Crippen molar-refractivity contribution < 1.29 is 9.53 Å². The fourth-order valence-corrected chi connectivity index (χ4v) is 6.66. The highest BCUT2D eigenvalue weighted by atomic mass is 79.9. The SMILES string of the molecule is Cc1ccc(NC(=O)C2C3NC(=S)N(C4CCCCC4)C2(C)Oc2ccc(Br)cc23)c(C)c1. The van der Waals surface area contributed by atoms with Gasteiger partial charge in [-0.3, -0.25) is 4.79 Å². The lowest BCUT2D eigenvalue weighted by atomic mass is 9.77. The normalized spacial score (nSPS) is 26.8. The Morgan fingerprint density at radius 1 is 1.18 bits per heavy atom. The summed E-state index contributed by atoms with van der Waals surface area (Å²) in [5.74, 6) is 0.265. The summed E-state index contributed by atoms with van der Waals surface area (Å²) in [7, 11) is 0. The summed E-state index contributed by atoms with van der Waals surface area (Å²) in [5, 5.41) is 7.42. The van der Waals surface area contributed by atoms with E-state index >= 15 is 0 Å². The summed E-state index contributed by atoms with van der Waals surface area (Å²) >= 11 is 9.47. The molecule has 1 saturated carbocycles. The summed E-state index contributed by atoms with van der Waals surface area (Å²) in [6.45, 7) is 6.12. The van der Waals surface area contributed by atoms with E-state index in [1.165, 1.54) is 24.8 Å². The van der Waals surface area contributed by atoms with Crippen LogP contribution in [0.3, 0.4) is 0 Å². The average Bonchev–Trinajstić information content (AvgIpc) is 2.76. The molecule has 33 heavy (non-hydrogen) atoms. The highest BCUT2D eigenvalue weighted by Gasteiger charge is 2.60. The zero-order chi connectivity index (χ0) is 23.3. The van der Waals surface area contributed by atoms with Crippen LogP contribution in [0.15, 0.2) is 40.9 Å². The van der Waals surface area contributed by atoms with Crippen LogP contribution in [0.5, 0.6) is 5.75 Å². The number of nitrogens with zero attached hydrogens (tertiary/aromatic N) is 1. The minimum Gasteiger partial charge on any atom is -0.467 e. The molecule has 3 atom stereocenters. The predicted octanol–water partition coefficient (Wildman–Crippen LogP) is 5.99. The second-order valence-corrected chi connectivity index (χ2v) is 11.0. The first kappa shape index (κ1) is 22.7. The van der Waals surface area contributed by atoms with Crippen molar-refractivity contribution in [3.8, 4) is 5.75 Å². The van der Waals surface area contributed by atoms with Gasteiger partial charge in [-0.2, -0.15) is 0 Å². The molecule has 3 aliphatic rings. The van der Waals surface area contributed by atoms with Crippen molar-refractivity contribution in [1.82, 2.24) is 10.2 Å². The number of aryl methyl sites for hydroxylation is 2. The third-order valence-corrected chi connectivity index (χ3v) is 8.18. The minimum atomic E-state index is -0.876. The van der Waals surface area contributed by atoms with Gasteiger partial charge in [-0.05, 0) is 75.7 Å². The first-order valence-electron chi connectivity index (χ1n) is 11.7. The fraction of sp³-hybridized carbons (Fsp3) is 0.462. The van der Waals surface area contributed by atoms with E-state index in [-0.39, 0.29) is 18.0 Å². The van der Waals surface area contributed by atoms with E-state index in [4.69, 9.17) is 17.0 Å². The third-order valence-electron chi connectivity index (χ3n) is 7.37. The van der Waals surface area contributed by atoms with E-state index in [1.807, 2.05) is 44.2 Å². The van der Waals surface area contributed by atoms with Crippen molar-refractivity contribution in [3.63, 3.8) is 0 Å². The van der Waals surface area contributed by atoms with Gasteiger partial charge in [-0.1, -0.05) is 52.9 Å². The van der Waals surface area contributed by atoms with Crippen molar-refractivity contribution in [2.45, 2.75) is 70.7 Å². The molecule has 2 N–H and O–H groups in total. The van der Waals surface area contributed by atoms with Crippen LogP contribution in [-0.4, -0.2) is 27.7 Å². The highest BCUT2D eigenvalue weighted by Crippen LogP contribution is 2.50. The average molecular weight is 529 g/mol. The quantitative estimate of drug-likeness (QED) is 0.480. The summed E-state index contributed by atoms with van der Waals surface area (Å²) in [6, 6.07) is 12.1. The van der Waals surface area contributed by atoms with Gasteiger partial charge in [0.1, 0.15) is 11.7 Å². The van der Waals surface area contributed by atoms with Crippen molar-refractivity contribution in [2.24, 2.45) is 5.92 Å². The maximum Gasteiger partial charge on any atom is 0.236 e. The van der Waals surface area contributed by atoms with Gasteiger partial charge in [-0.15, -0.1) is 0 Å². The Morgan fingerprint density at radius 3 is 2.67 bits per heavy atom. The van der Waals surface area contributed by atoms with Gasteiger partial charge in [0, 0.05) is 21.8 Å². The molecule has 3 unspecified atom stereocenters. The number of hydrogen-bond acceptors (Lipinski definition) is 3. The Bertz CT molecular complexity index is 1120. The largest absolute Gasteiger partial charge is 0.467 e. The molecule has 174 valence electrons. The van der Waals surface area contributed by atoms with Crippen LogP contribution < -0.4 is 15.4 Å². The number of carbonyl (C=O) groups excluding carboxylic acids is 1. The topological polar surface area (TPSA) is 53.6 Å². The van der Waals surface area contributed by atoms with Crippen LogP contribution >= 0.6 is 28.1 Å². The summed E-state index contributed by atoms with van der Waals surface area (Å²) in [6.07, 6.45) is 5.71. The van der Waals surface area contributed by atoms with Gasteiger partial charge in [0.25, 0.3) is 0 Å². The summed E-state index contributed by atoms with van der Waals surface area (Å²) in [4.78, 5) is 16.1. The van der Waals surface area contributed by atoms with Crippen LogP contribution in [-0.2, 0) is 4.79 Å². The van der Waals surface area contributed by atoms with Crippen molar-refractivity contribution in [2.75, 3.05) is 5.32 Å². The Kier molecular flexibility index (Phi) is 5.90. The zero-order valence-electron chi connectivity index (χ0n) is 19.3. The van der Waals surface area contributed by atoms with Gasteiger partial charge in [-0.25, -0.2) is 0 Å². The fourth-order valence-electron chi connectivity index (χ4n) is 5.82. The van der Waals surface area contributed by atoms with E-state index in [2.05, 4.69) is 44.5 Å². The van der Waals surface area contributed by atoms with Crippen molar-refractivity contribution >= 4 is 44.9 Å². The Morgan fingerprint density at radius 2 is 1.94 bits per heavy atom. The number of thiocarbonyl (C=S) groups is 1. The molecule has 5 nitrogen and oxygen atoms in total. The summed E-state index contributed by atoms with van der Waals surface area (Å²) in [5.41, 5.74) is 3.13. The maximum atomic E-state index is 13.9. The second kappa shape index (κ2) is 8.58. The van der Waals surface area contributed by atoms with Crippen LogP contribution in [0.1, 0.15) is 61.8 Å². The van der Waals surface area contributed by atoms with E-state index in [0.717, 1.165) is 39.9 Å². The zero-order valence-corrected chi connectivity index (χ0v) is 21.7. The van der Waals surface area contributed by atoms with Crippen LogP contribution in [0.2, 0.25) is 0 Å². The molecule has 2 bridgehead atoms. The lowest BCUT2D eigenvalue weighted by Crippen LogP contribution is -2.73. The molecule has 7 heteroatoms. The Balaban J connectivity index is 1.58. The molecule has 2 fully saturated rings. The third kappa shape index (κ3) is 3.93. The van der Waals surface area contributed by atoms with Gasteiger partial charge in [0.05, 0.1) is 6.04 Å². The molecule has 2 aliphatic heterocycles. The first-order valence-corrected chi connectivity index (χ1v) is 12.9. The first-order chi connectivity index (χ1) is 15.8. The molecule has 0 radical (unpaired) electrons. The van der Waals surface area contributed by atoms with Gasteiger partial charge in [0.2, 0.25) is 5.91 Å². The molecule has 1 saturated heterocycles. The van der Waals surface area contributed by atoms with E-state index in [9.17, 15) is 4.79 Å². The molecule has 5 rings (SSSR count). The number of halogens is 1. The number of carbonyl (C=O) groups is 1. The molecule has 1 aliphatic carbocycles. The smallest absolute Gasteiger partial charge is 0.236 e. The number of anilines is 1. The summed E-state index contributed by atoms with van der Waals surface area (Å²) < 4.78 is 7.67. The Hall–Kier alpha value is -2.12. The highest BCUT2D eigenvalue weighted by molar-refractivity contribution is 9.10. The minimum absolute atomic E-state index is 0.0594. The molecular formula is C26H30BrN3O2S. The van der Waals surface area contributed by atoms with E-state index < -0.39 is 11.6 Å². The molecule has 2 heterocycles. The van der Waals surface area contributed by atoms with Crippen LogP contribution in [0.4, 0.5) is 5.69 Å². The lowest BCUT2D eigenvalue weighted by Gasteiger charge is -2.58. The number of amides is 1. The standard InChI is InChI=1S/C26H30BrN3O2S/c1-15-9-11-20(16(2)13-15)28-24(31)22-23-19-14-17(27)10-12-21(19)32-26(22,3)30(25(33)29-23)18-7-5-4-6-8-18/h9-14,18,22-23H,4-8H2,1-3H3,(H,28,31)(H,29,33). The van der Waals surface area contributed by atoms with Crippen molar-refractivity contribution in [1.29, 1.82) is 0 Å². The van der Waals surface area contributed by atoms with Crippen LogP contribution in [0, 0.1) is 19.8 Å².